The average molecular weight is 488 g/mol. The second kappa shape index (κ2) is 10.6. The molecule has 0 unspecified atom stereocenters. The molecule has 3 aromatic carbocycles. The minimum absolute atomic E-state index is 0.0662. The second-order valence-electron chi connectivity index (χ2n) is 6.56. The number of anilines is 1. The van der Waals surface area contributed by atoms with Crippen LogP contribution in [0, 0.1) is 0 Å². The number of amides is 1. The number of nitrogens with zero attached hydrogens (tertiary/aromatic N) is 1. The Kier molecular flexibility index (Phi) is 7.65. The van der Waals surface area contributed by atoms with Crippen LogP contribution < -0.4 is 14.9 Å². The molecule has 0 aliphatic carbocycles. The van der Waals surface area contributed by atoms with Crippen LogP contribution in [0.5, 0.6) is 5.75 Å². The van der Waals surface area contributed by atoms with Gasteiger partial charge in [0.05, 0.1) is 16.8 Å². The highest BCUT2D eigenvalue weighted by Gasteiger charge is 2.16. The number of sulfonamides is 1. The molecule has 11 heteroatoms. The summed E-state index contributed by atoms with van der Waals surface area (Å²) in [5.41, 5.74) is 3.10. The summed E-state index contributed by atoms with van der Waals surface area (Å²) in [6.45, 7) is -0.526. The lowest BCUT2D eigenvalue weighted by atomic mass is 10.2. The molecule has 9 nitrogen and oxygen atoms in total. The Labute approximate surface area is 194 Å². The van der Waals surface area contributed by atoms with Gasteiger partial charge in [-0.25, -0.2) is 18.6 Å². The van der Waals surface area contributed by atoms with Crippen molar-refractivity contribution in [2.75, 3.05) is 11.3 Å². The van der Waals surface area contributed by atoms with Gasteiger partial charge >= 0.3 is 5.97 Å². The van der Waals surface area contributed by atoms with Crippen molar-refractivity contribution in [2.24, 2.45) is 5.10 Å². The number of carbonyl (C=O) groups is 2. The predicted octanol–water partition coefficient (Wildman–Crippen LogP) is 3.37. The molecule has 0 radical (unpaired) electrons. The number of rotatable bonds is 9. The molecule has 3 aromatic rings. The van der Waals surface area contributed by atoms with Crippen LogP contribution in [0.1, 0.15) is 15.9 Å². The quantitative estimate of drug-likeness (QED) is 0.313. The number of carboxylic acid groups (broad SMARTS) is 1. The van der Waals surface area contributed by atoms with Gasteiger partial charge in [-0.3, -0.25) is 9.52 Å². The molecule has 0 bridgehead atoms. The third-order valence-electron chi connectivity index (χ3n) is 4.12. The number of carbonyl (C=O) groups excluding carboxylic acids is 1. The fraction of sp³-hybridized carbons (Fsp3) is 0.0455. The number of aliphatic carboxylic acids is 1. The second-order valence-corrected chi connectivity index (χ2v) is 8.68. The first-order chi connectivity index (χ1) is 15.7. The first-order valence-corrected chi connectivity index (χ1v) is 11.3. The van der Waals surface area contributed by atoms with Crippen LogP contribution >= 0.6 is 11.6 Å². The van der Waals surface area contributed by atoms with Crippen molar-refractivity contribution in [3.63, 3.8) is 0 Å². The van der Waals surface area contributed by atoms with E-state index in [1.807, 2.05) is 0 Å². The Bertz CT molecular complexity index is 1310. The van der Waals surface area contributed by atoms with Gasteiger partial charge < -0.3 is 9.84 Å². The summed E-state index contributed by atoms with van der Waals surface area (Å²) in [6.07, 6.45) is 1.29. The molecule has 170 valence electrons. The van der Waals surface area contributed by atoms with Crippen molar-refractivity contribution < 1.29 is 27.9 Å². The number of carboxylic acids is 1. The molecular weight excluding hydrogens is 470 g/mol. The van der Waals surface area contributed by atoms with E-state index in [0.29, 0.717) is 10.6 Å². The maximum absolute atomic E-state index is 12.7. The first-order valence-electron chi connectivity index (χ1n) is 9.40. The van der Waals surface area contributed by atoms with E-state index in [9.17, 15) is 18.0 Å². The normalized spacial score (nSPS) is 11.2. The largest absolute Gasteiger partial charge is 0.481 e. The summed E-state index contributed by atoms with van der Waals surface area (Å²) in [7, 11) is -3.96. The van der Waals surface area contributed by atoms with E-state index < -0.39 is 28.5 Å². The molecule has 0 aliphatic heterocycles. The summed E-state index contributed by atoms with van der Waals surface area (Å²) in [5.74, 6) is -1.50. The van der Waals surface area contributed by atoms with Gasteiger partial charge in [-0.2, -0.15) is 5.10 Å². The molecule has 0 fully saturated rings. The number of hydrogen-bond acceptors (Lipinski definition) is 6. The van der Waals surface area contributed by atoms with Crippen LogP contribution in [0.2, 0.25) is 5.02 Å². The highest BCUT2D eigenvalue weighted by atomic mass is 35.5. The SMILES string of the molecule is O=C(O)COc1ccccc1/C=N\NC(=O)c1cccc(S(=O)(=O)Nc2cccc(Cl)c2)c1. The third kappa shape index (κ3) is 6.79. The molecule has 0 aliphatic rings. The van der Waals surface area contributed by atoms with Gasteiger partial charge in [-0.1, -0.05) is 35.9 Å². The minimum Gasteiger partial charge on any atom is -0.481 e. The fourth-order valence-corrected chi connectivity index (χ4v) is 3.94. The summed E-state index contributed by atoms with van der Waals surface area (Å²) in [5, 5.41) is 13.0. The first kappa shape index (κ1) is 23.8. The van der Waals surface area contributed by atoms with Crippen LogP contribution in [0.15, 0.2) is 82.8 Å². The van der Waals surface area contributed by atoms with Crippen molar-refractivity contribution in [2.45, 2.75) is 4.90 Å². The number of nitrogens with one attached hydrogen (secondary N) is 2. The van der Waals surface area contributed by atoms with Crippen LogP contribution in [0.3, 0.4) is 0 Å². The smallest absolute Gasteiger partial charge is 0.341 e. The van der Waals surface area contributed by atoms with E-state index >= 15 is 0 Å². The molecule has 0 saturated heterocycles. The van der Waals surface area contributed by atoms with Gasteiger partial charge in [-0.15, -0.1) is 0 Å². The number of para-hydroxylation sites is 1. The Morgan fingerprint density at radius 2 is 1.79 bits per heavy atom. The van der Waals surface area contributed by atoms with Crippen molar-refractivity contribution in [1.82, 2.24) is 5.43 Å². The van der Waals surface area contributed by atoms with E-state index in [1.54, 1.807) is 42.5 Å². The van der Waals surface area contributed by atoms with Gasteiger partial charge in [0.2, 0.25) is 0 Å². The number of ether oxygens (including phenoxy) is 1. The fourth-order valence-electron chi connectivity index (χ4n) is 2.65. The zero-order valence-electron chi connectivity index (χ0n) is 16.9. The summed E-state index contributed by atoms with van der Waals surface area (Å²) < 4.78 is 32.9. The maximum atomic E-state index is 12.7. The van der Waals surface area contributed by atoms with E-state index in [4.69, 9.17) is 21.4 Å². The molecule has 3 N–H and O–H groups in total. The number of benzene rings is 3. The molecule has 0 saturated carbocycles. The van der Waals surface area contributed by atoms with Crippen LogP contribution in [0.25, 0.3) is 0 Å². The Hall–Kier alpha value is -3.89. The number of hydrogen-bond donors (Lipinski definition) is 3. The highest BCUT2D eigenvalue weighted by Crippen LogP contribution is 2.20. The minimum atomic E-state index is -3.96. The van der Waals surface area contributed by atoms with Crippen LogP contribution in [-0.4, -0.2) is 38.2 Å². The van der Waals surface area contributed by atoms with Crippen molar-refractivity contribution in [3.05, 3.63) is 88.9 Å². The molecule has 0 aromatic heterocycles. The lowest BCUT2D eigenvalue weighted by Gasteiger charge is -2.09. The van der Waals surface area contributed by atoms with E-state index in [2.05, 4.69) is 15.2 Å². The lowest BCUT2D eigenvalue weighted by molar-refractivity contribution is -0.139. The van der Waals surface area contributed by atoms with Crippen molar-refractivity contribution in [1.29, 1.82) is 0 Å². The number of hydrazone groups is 1. The topological polar surface area (TPSA) is 134 Å². The monoisotopic (exact) mass is 487 g/mol. The Morgan fingerprint density at radius 3 is 2.55 bits per heavy atom. The van der Waals surface area contributed by atoms with Crippen molar-refractivity contribution >= 4 is 45.4 Å². The van der Waals surface area contributed by atoms with Crippen LogP contribution in [0.4, 0.5) is 5.69 Å². The molecule has 0 atom stereocenters. The predicted molar refractivity (Wildman–Crippen MR) is 123 cm³/mol. The number of halogens is 1. The van der Waals surface area contributed by atoms with Gasteiger partial charge in [0.25, 0.3) is 15.9 Å². The van der Waals surface area contributed by atoms with E-state index in [1.165, 1.54) is 36.5 Å². The molecule has 1 amide bonds. The zero-order chi connectivity index (χ0) is 23.8. The van der Waals surface area contributed by atoms with Gasteiger partial charge in [0, 0.05) is 16.1 Å². The highest BCUT2D eigenvalue weighted by molar-refractivity contribution is 7.92. The molecule has 0 spiro atoms. The molecule has 3 rings (SSSR count). The summed E-state index contributed by atoms with van der Waals surface area (Å²) >= 11 is 5.89. The van der Waals surface area contributed by atoms with E-state index in [0.717, 1.165) is 0 Å². The lowest BCUT2D eigenvalue weighted by Crippen LogP contribution is -2.19. The Balaban J connectivity index is 1.71. The van der Waals surface area contributed by atoms with Gasteiger partial charge in [0.15, 0.2) is 6.61 Å². The summed E-state index contributed by atoms with van der Waals surface area (Å²) in [4.78, 5) is 23.0. The Morgan fingerprint density at radius 1 is 1.03 bits per heavy atom. The average Bonchev–Trinajstić information content (AvgIpc) is 2.78. The van der Waals surface area contributed by atoms with Crippen molar-refractivity contribution in [3.8, 4) is 5.75 Å². The standard InChI is InChI=1S/C22H18ClN3O6S/c23-17-7-4-8-18(12-17)26-33(30,31)19-9-3-6-15(11-19)22(29)25-24-13-16-5-1-2-10-20(16)32-14-21(27)28/h1-13,26H,14H2,(H,25,29)(H,27,28)/b24-13-. The van der Waals surface area contributed by atoms with Crippen LogP contribution in [-0.2, 0) is 14.8 Å². The zero-order valence-corrected chi connectivity index (χ0v) is 18.5. The molecule has 0 heterocycles. The summed E-state index contributed by atoms with van der Waals surface area (Å²) in [6, 6.07) is 18.2. The van der Waals surface area contributed by atoms with Gasteiger partial charge in [0.1, 0.15) is 5.75 Å². The van der Waals surface area contributed by atoms with E-state index in [-0.39, 0.29) is 21.9 Å². The van der Waals surface area contributed by atoms with Gasteiger partial charge in [-0.05, 0) is 48.5 Å². The molecule has 33 heavy (non-hydrogen) atoms. The molecular formula is C22H18ClN3O6S. The third-order valence-corrected chi connectivity index (χ3v) is 5.74. The maximum Gasteiger partial charge on any atom is 0.341 e.